The lowest BCUT2D eigenvalue weighted by Gasteiger charge is -2.34. The highest BCUT2D eigenvalue weighted by molar-refractivity contribution is 5.72. The summed E-state index contributed by atoms with van der Waals surface area (Å²) < 4.78 is 17.0. The summed E-state index contributed by atoms with van der Waals surface area (Å²) in [7, 11) is 1.33. The summed E-state index contributed by atoms with van der Waals surface area (Å²) in [6.07, 6.45) is -1.17. The largest absolute Gasteiger partial charge is 0.469 e. The molecule has 0 spiro atoms. The van der Waals surface area contributed by atoms with Crippen molar-refractivity contribution >= 4 is 5.97 Å². The zero-order valence-corrected chi connectivity index (χ0v) is 18.4. The number of methoxy groups -OCH3 is 1. The average molecular weight is 415 g/mol. The lowest BCUT2D eigenvalue weighted by molar-refractivity contribution is -0.153. The van der Waals surface area contributed by atoms with E-state index in [1.54, 1.807) is 6.92 Å². The summed E-state index contributed by atoms with van der Waals surface area (Å²) in [4.78, 5) is 11.9. The number of ether oxygens (including phenoxy) is 3. The van der Waals surface area contributed by atoms with Crippen LogP contribution in [0.1, 0.15) is 31.9 Å². The third-order valence-electron chi connectivity index (χ3n) is 5.48. The first-order chi connectivity index (χ1) is 14.4. The van der Waals surface area contributed by atoms with E-state index in [0.717, 1.165) is 11.1 Å². The summed E-state index contributed by atoms with van der Waals surface area (Å²) in [6, 6.07) is 19.9. The van der Waals surface area contributed by atoms with Crippen molar-refractivity contribution < 1.29 is 24.1 Å². The second kappa shape index (κ2) is 12.5. The van der Waals surface area contributed by atoms with Gasteiger partial charge in [-0.3, -0.25) is 4.79 Å². The lowest BCUT2D eigenvalue weighted by Crippen LogP contribution is -2.42. The number of esters is 1. The molecule has 0 saturated heterocycles. The number of aliphatic hydroxyl groups excluding tert-OH is 1. The normalized spacial score (nSPS) is 16.3. The molecule has 0 unspecified atom stereocenters. The molecular formula is C25H34O5. The Morgan fingerprint density at radius 2 is 1.43 bits per heavy atom. The molecule has 164 valence electrons. The molecule has 0 aromatic heterocycles. The van der Waals surface area contributed by atoms with Gasteiger partial charge >= 0.3 is 5.97 Å². The Bertz CT molecular complexity index is 734. The number of benzene rings is 2. The maximum atomic E-state index is 11.9. The van der Waals surface area contributed by atoms with Crippen molar-refractivity contribution in [2.45, 2.75) is 46.2 Å². The molecule has 0 aliphatic carbocycles. The maximum Gasteiger partial charge on any atom is 0.311 e. The van der Waals surface area contributed by atoms with Crippen molar-refractivity contribution in [2.75, 3.05) is 13.7 Å². The van der Waals surface area contributed by atoms with Crippen LogP contribution in [-0.2, 0) is 32.2 Å². The molecule has 1 N–H and O–H groups in total. The van der Waals surface area contributed by atoms with Gasteiger partial charge in [-0.2, -0.15) is 0 Å². The summed E-state index contributed by atoms with van der Waals surface area (Å²) in [6.45, 7) is 7.07. The third kappa shape index (κ3) is 7.24. The second-order valence-electron chi connectivity index (χ2n) is 7.90. The van der Waals surface area contributed by atoms with E-state index in [0.29, 0.717) is 19.8 Å². The van der Waals surface area contributed by atoms with Gasteiger partial charge in [0.2, 0.25) is 0 Å². The second-order valence-corrected chi connectivity index (χ2v) is 7.90. The number of hydrogen-bond acceptors (Lipinski definition) is 5. The quantitative estimate of drug-likeness (QED) is 0.527. The van der Waals surface area contributed by atoms with Crippen molar-refractivity contribution in [1.29, 1.82) is 0 Å². The van der Waals surface area contributed by atoms with Gasteiger partial charge in [0.15, 0.2) is 0 Å². The van der Waals surface area contributed by atoms with Gasteiger partial charge in [-0.1, -0.05) is 74.5 Å². The van der Waals surface area contributed by atoms with E-state index in [9.17, 15) is 9.90 Å². The Morgan fingerprint density at radius 1 is 0.900 bits per heavy atom. The molecular weight excluding hydrogens is 380 g/mol. The summed E-state index contributed by atoms with van der Waals surface area (Å²) >= 11 is 0. The van der Waals surface area contributed by atoms with Crippen LogP contribution >= 0.6 is 0 Å². The lowest BCUT2D eigenvalue weighted by atomic mass is 9.84. The molecule has 0 aliphatic heterocycles. The molecule has 0 saturated carbocycles. The highest BCUT2D eigenvalue weighted by atomic mass is 16.5. The summed E-state index contributed by atoms with van der Waals surface area (Å²) in [5.74, 6) is -1.32. The molecule has 0 bridgehead atoms. The van der Waals surface area contributed by atoms with E-state index < -0.39 is 18.0 Å². The van der Waals surface area contributed by atoms with E-state index in [-0.39, 0.29) is 17.9 Å². The highest BCUT2D eigenvalue weighted by Crippen LogP contribution is 2.26. The number of carbonyl (C=O) groups is 1. The molecule has 0 fully saturated rings. The van der Waals surface area contributed by atoms with Crippen molar-refractivity contribution in [3.63, 3.8) is 0 Å². The average Bonchev–Trinajstić information content (AvgIpc) is 2.78. The minimum atomic E-state index is -0.880. The van der Waals surface area contributed by atoms with E-state index in [4.69, 9.17) is 14.2 Å². The zero-order valence-electron chi connectivity index (χ0n) is 18.4. The molecule has 2 aromatic carbocycles. The fourth-order valence-electron chi connectivity index (χ4n) is 3.61. The molecule has 5 heteroatoms. The minimum absolute atomic E-state index is 0.0203. The Balaban J connectivity index is 2.03. The Morgan fingerprint density at radius 3 is 1.97 bits per heavy atom. The predicted octanol–water partition coefficient (Wildman–Crippen LogP) is 4.23. The number of rotatable bonds is 12. The van der Waals surface area contributed by atoms with Gasteiger partial charge in [-0.15, -0.1) is 0 Å². The molecule has 2 aromatic rings. The smallest absolute Gasteiger partial charge is 0.311 e. The summed E-state index contributed by atoms with van der Waals surface area (Å²) in [5.41, 5.74) is 2.17. The van der Waals surface area contributed by atoms with Gasteiger partial charge in [-0.05, 0) is 18.1 Å². The first kappa shape index (κ1) is 24.1. The minimum Gasteiger partial charge on any atom is -0.469 e. The van der Waals surface area contributed by atoms with E-state index in [2.05, 4.69) is 0 Å². The number of hydrogen-bond donors (Lipinski definition) is 1. The van der Waals surface area contributed by atoms with E-state index in [1.807, 2.05) is 74.5 Å². The van der Waals surface area contributed by atoms with Crippen LogP contribution in [0.15, 0.2) is 60.7 Å². The molecule has 0 heterocycles. The Hall–Kier alpha value is -2.21. The van der Waals surface area contributed by atoms with Crippen LogP contribution < -0.4 is 0 Å². The molecule has 30 heavy (non-hydrogen) atoms. The van der Waals surface area contributed by atoms with Gasteiger partial charge < -0.3 is 19.3 Å². The maximum absolute atomic E-state index is 11.9. The number of aliphatic hydroxyl groups is 1. The van der Waals surface area contributed by atoms with Crippen LogP contribution in [0.5, 0.6) is 0 Å². The highest BCUT2D eigenvalue weighted by Gasteiger charge is 2.35. The predicted molar refractivity (Wildman–Crippen MR) is 117 cm³/mol. The van der Waals surface area contributed by atoms with Gasteiger partial charge in [0.05, 0.1) is 45.1 Å². The first-order valence-electron chi connectivity index (χ1n) is 10.5. The van der Waals surface area contributed by atoms with Crippen molar-refractivity contribution in [3.8, 4) is 0 Å². The molecule has 0 radical (unpaired) electrons. The van der Waals surface area contributed by atoms with Crippen molar-refractivity contribution in [2.24, 2.45) is 17.8 Å². The van der Waals surface area contributed by atoms with Gasteiger partial charge in [0.25, 0.3) is 0 Å². The van der Waals surface area contributed by atoms with Crippen LogP contribution in [0.4, 0.5) is 0 Å². The Kier molecular flexibility index (Phi) is 10.0. The topological polar surface area (TPSA) is 65.0 Å². The van der Waals surface area contributed by atoms with Gasteiger partial charge in [-0.25, -0.2) is 0 Å². The van der Waals surface area contributed by atoms with Gasteiger partial charge in [0, 0.05) is 11.8 Å². The van der Waals surface area contributed by atoms with Crippen LogP contribution in [0.3, 0.4) is 0 Å². The molecule has 0 amide bonds. The fourth-order valence-corrected chi connectivity index (χ4v) is 3.61. The van der Waals surface area contributed by atoms with E-state index >= 15 is 0 Å². The molecule has 5 atom stereocenters. The number of carbonyl (C=O) groups excluding carboxylic acids is 1. The zero-order chi connectivity index (χ0) is 21.9. The van der Waals surface area contributed by atoms with Crippen molar-refractivity contribution in [3.05, 3.63) is 71.8 Å². The van der Waals surface area contributed by atoms with Crippen LogP contribution in [0, 0.1) is 17.8 Å². The van der Waals surface area contributed by atoms with Gasteiger partial charge in [0.1, 0.15) is 0 Å². The summed E-state index contributed by atoms with van der Waals surface area (Å²) in [5, 5.41) is 10.8. The van der Waals surface area contributed by atoms with E-state index in [1.165, 1.54) is 7.11 Å². The first-order valence-corrected chi connectivity index (χ1v) is 10.5. The standard InChI is InChI=1S/C25H34O5/c1-18(15-29-16-21-11-7-5-8-12-21)24(30-17-22-13-9-6-10-14-22)19(2)23(26)20(3)25(27)28-4/h5-14,18-20,23-24,26H,15-17H2,1-4H3/t18-,19-,20+,23+,24+/m0/s1. The SMILES string of the molecule is COC(=O)[C@H](C)[C@H](O)[C@H](C)[C@H](OCc1ccccc1)[C@@H](C)COCc1ccccc1. The fraction of sp³-hybridized carbons (Fsp3) is 0.480. The third-order valence-corrected chi connectivity index (χ3v) is 5.48. The van der Waals surface area contributed by atoms with Crippen LogP contribution in [0.25, 0.3) is 0 Å². The molecule has 0 aliphatic rings. The van der Waals surface area contributed by atoms with Crippen LogP contribution in [-0.4, -0.2) is 37.0 Å². The molecule has 5 nitrogen and oxygen atoms in total. The van der Waals surface area contributed by atoms with Crippen LogP contribution in [0.2, 0.25) is 0 Å². The molecule has 2 rings (SSSR count). The monoisotopic (exact) mass is 414 g/mol. The Labute approximate surface area is 180 Å². The van der Waals surface area contributed by atoms with Crippen molar-refractivity contribution in [1.82, 2.24) is 0 Å².